The smallest absolute Gasteiger partial charge is 0.280 e. The number of fused-ring (bicyclic) bond motifs is 2. The number of imidazole rings is 2. The van der Waals surface area contributed by atoms with Gasteiger partial charge in [-0.1, -0.05) is 0 Å². The van der Waals surface area contributed by atoms with E-state index >= 15 is 0 Å². The number of nitrogen functional groups attached to an aromatic ring is 1. The van der Waals surface area contributed by atoms with E-state index in [-0.39, 0.29) is 34.6 Å². The number of hydrogen-bond donors (Lipinski definition) is 7. The molecule has 31 heteroatoms. The molecule has 2 saturated heterocycles. The van der Waals surface area contributed by atoms with Crippen molar-refractivity contribution in [2.45, 2.75) is 55.3 Å². The first-order valence-electron chi connectivity index (χ1n) is 14.8. The zero-order chi connectivity index (χ0) is 38.8. The van der Waals surface area contributed by atoms with Crippen LogP contribution in [0.3, 0.4) is 0 Å². The number of nitrogens with two attached hydrogens (primary N) is 2. The lowest BCUT2D eigenvalue weighted by Gasteiger charge is -2.35. The van der Waals surface area contributed by atoms with Crippen molar-refractivity contribution in [2.24, 2.45) is 17.8 Å². The van der Waals surface area contributed by atoms with Gasteiger partial charge in [0, 0.05) is 13.3 Å². The number of anilines is 2. The molecule has 6 heterocycles. The van der Waals surface area contributed by atoms with Gasteiger partial charge in [-0.25, -0.2) is 28.5 Å². The first-order chi connectivity index (χ1) is 24.7. The van der Waals surface area contributed by atoms with Crippen molar-refractivity contribution in [3.63, 3.8) is 0 Å². The van der Waals surface area contributed by atoms with Gasteiger partial charge in [0.15, 0.2) is 29.4 Å². The number of aryl methyl sites for hydroxylation is 1. The second-order valence-corrected chi connectivity index (χ2v) is 16.0. The van der Waals surface area contributed by atoms with E-state index in [1.807, 2.05) is 0 Å². The van der Waals surface area contributed by atoms with Crippen LogP contribution in [0.25, 0.3) is 11.2 Å². The maximum Gasteiger partial charge on any atom is 0.280 e. The predicted molar refractivity (Wildman–Crippen MR) is 160 cm³/mol. The maximum atomic E-state index is 12.5. The third kappa shape index (κ3) is 7.96. The molecule has 0 aliphatic carbocycles. The molecule has 294 valence electrons. The van der Waals surface area contributed by atoms with Crippen molar-refractivity contribution in [1.29, 1.82) is 0 Å². The molecule has 3 aromatic heterocycles. The Kier molecular flexibility index (Phi) is 10.7. The minimum atomic E-state index is -6.35. The third-order valence-corrected chi connectivity index (χ3v) is 12.2. The number of phosphoric ester groups is 2. The highest BCUT2D eigenvalue weighted by Gasteiger charge is 2.49. The molecular formula is C22H30N10O18P3-3. The van der Waals surface area contributed by atoms with Gasteiger partial charge < -0.3 is 69.8 Å². The van der Waals surface area contributed by atoms with E-state index in [0.717, 1.165) is 18.0 Å². The highest BCUT2D eigenvalue weighted by atomic mass is 31.3. The van der Waals surface area contributed by atoms with E-state index in [2.05, 4.69) is 42.9 Å². The van der Waals surface area contributed by atoms with Crippen LogP contribution in [0.4, 0.5) is 11.8 Å². The minimum absolute atomic E-state index is 0.101. The topological polar surface area (TPSA) is 418 Å². The summed E-state index contributed by atoms with van der Waals surface area (Å²) in [5, 5.41) is 46.9. The molecule has 0 amide bonds. The van der Waals surface area contributed by atoms with Crippen molar-refractivity contribution in [1.82, 2.24) is 24.1 Å². The van der Waals surface area contributed by atoms with Crippen LogP contribution in [0.15, 0.2) is 22.4 Å². The fourth-order valence-corrected chi connectivity index (χ4v) is 9.18. The van der Waals surface area contributed by atoms with Crippen LogP contribution < -0.4 is 46.7 Å². The number of phosphoric acid groups is 3. The summed E-state index contributed by atoms with van der Waals surface area (Å²) in [7, 11) is -15.7. The zero-order valence-electron chi connectivity index (χ0n) is 26.9. The van der Waals surface area contributed by atoms with E-state index in [9.17, 15) is 53.6 Å². The summed E-state index contributed by atoms with van der Waals surface area (Å²) in [5.74, 6) is -0.447. The van der Waals surface area contributed by atoms with Crippen LogP contribution >= 0.6 is 23.5 Å². The Bertz CT molecular complexity index is 2110. The van der Waals surface area contributed by atoms with Crippen LogP contribution in [0.2, 0.25) is 0 Å². The number of aromatic nitrogens is 6. The fourth-order valence-electron chi connectivity index (χ4n) is 5.80. The van der Waals surface area contributed by atoms with Crippen LogP contribution in [-0.2, 0) is 52.6 Å². The second-order valence-electron chi connectivity index (χ2n) is 11.5. The van der Waals surface area contributed by atoms with Crippen molar-refractivity contribution >= 4 is 52.4 Å². The van der Waals surface area contributed by atoms with E-state index in [4.69, 9.17) is 25.7 Å². The van der Waals surface area contributed by atoms with Crippen LogP contribution in [0.5, 0.6) is 0 Å². The number of aliphatic hydroxyl groups excluding tert-OH is 3. The van der Waals surface area contributed by atoms with Gasteiger partial charge in [0.25, 0.3) is 40.8 Å². The average molecular weight is 815 g/mol. The molecule has 0 spiro atoms. The van der Waals surface area contributed by atoms with Crippen molar-refractivity contribution in [3.8, 4) is 0 Å². The fraction of sp³-hybridized carbons (Fsp3) is 0.591. The van der Waals surface area contributed by atoms with Crippen molar-refractivity contribution in [3.05, 3.63) is 28.7 Å². The summed E-state index contributed by atoms with van der Waals surface area (Å²) >= 11 is 0. The third-order valence-electron chi connectivity index (χ3n) is 8.03. The van der Waals surface area contributed by atoms with Gasteiger partial charge >= 0.3 is 0 Å². The number of aliphatic imine (C=N–C) groups is 1. The number of guanidine groups is 1. The van der Waals surface area contributed by atoms with Crippen molar-refractivity contribution in [2.75, 3.05) is 31.4 Å². The van der Waals surface area contributed by atoms with Crippen LogP contribution in [0.1, 0.15) is 24.4 Å². The van der Waals surface area contributed by atoms with Gasteiger partial charge in [-0.2, -0.15) is 4.98 Å². The molecule has 9 N–H and O–H groups in total. The highest BCUT2D eigenvalue weighted by molar-refractivity contribution is 7.65. The first-order valence-corrected chi connectivity index (χ1v) is 19.2. The molecule has 6 unspecified atom stereocenters. The summed E-state index contributed by atoms with van der Waals surface area (Å²) in [6.07, 6.45) is -11.7. The lowest BCUT2D eigenvalue weighted by Crippen LogP contribution is -2.49. The zero-order valence-corrected chi connectivity index (χ0v) is 29.6. The Morgan fingerprint density at radius 2 is 1.64 bits per heavy atom. The molecule has 12 atom stereocenters. The molecule has 0 bridgehead atoms. The van der Waals surface area contributed by atoms with Gasteiger partial charge in [0.05, 0.1) is 26.6 Å². The van der Waals surface area contributed by atoms with Gasteiger partial charge in [0.1, 0.15) is 36.6 Å². The second kappa shape index (κ2) is 14.4. The molecule has 0 saturated carbocycles. The van der Waals surface area contributed by atoms with E-state index < -0.39 is 97.5 Å². The Balaban J connectivity index is 1.05. The van der Waals surface area contributed by atoms with E-state index in [1.165, 1.54) is 22.5 Å². The molecule has 3 aliphatic heterocycles. The molecule has 3 aromatic rings. The minimum Gasteiger partial charge on any atom is -0.829 e. The van der Waals surface area contributed by atoms with Crippen LogP contribution in [-0.4, -0.2) is 102 Å². The molecule has 53 heavy (non-hydrogen) atoms. The molecular weight excluding hydrogens is 785 g/mol. The SMILES string of the molecule is COC1[C@H](COP(=O)([O-])OP(=O)([O-])OP(=O)([O-])OC[C@H]2O[C@@H](n3cnc4c(=O)[nH]c(N)nc43)C(O)[C@H]2O)O[C@H]([n+]2cn(C)c3c2NC(N)=NC3[O-])[C@@H]1O. The molecule has 0 radical (unpaired) electrons. The average Bonchev–Trinajstić information content (AvgIpc) is 3.76. The number of methoxy groups -OCH3 is 1. The molecule has 3 aliphatic rings. The summed E-state index contributed by atoms with van der Waals surface area (Å²) in [6.45, 7) is -2.23. The summed E-state index contributed by atoms with van der Waals surface area (Å²) in [4.78, 5) is 62.8. The van der Waals surface area contributed by atoms with Gasteiger partial charge in [-0.15, -0.1) is 0 Å². The summed E-state index contributed by atoms with van der Waals surface area (Å²) in [6, 6.07) is 0. The van der Waals surface area contributed by atoms with E-state index in [1.54, 1.807) is 0 Å². The number of H-pyrrole nitrogens is 1. The lowest BCUT2D eigenvalue weighted by atomic mass is 10.1. The first kappa shape index (κ1) is 39.5. The number of aromatic amines is 1. The summed E-state index contributed by atoms with van der Waals surface area (Å²) in [5.41, 5.74) is 10.2. The van der Waals surface area contributed by atoms with Gasteiger partial charge in [-0.05, 0) is 0 Å². The Labute approximate surface area is 294 Å². The number of nitrogens with zero attached hydrogens (tertiary/aromatic N) is 6. The Hall–Kier alpha value is -3.24. The van der Waals surface area contributed by atoms with Crippen LogP contribution in [0, 0.1) is 0 Å². The number of ether oxygens (including phenoxy) is 3. The number of rotatable bonds is 13. The number of aliphatic hydroxyl groups is 3. The Morgan fingerprint density at radius 1 is 1.00 bits per heavy atom. The largest absolute Gasteiger partial charge is 0.829 e. The normalized spacial score (nSPS) is 32.1. The molecule has 0 aromatic carbocycles. The van der Waals surface area contributed by atoms with Gasteiger partial charge in [-0.3, -0.25) is 32.6 Å². The molecule has 2 fully saturated rings. The highest BCUT2D eigenvalue weighted by Crippen LogP contribution is 2.63. The Morgan fingerprint density at radius 3 is 2.28 bits per heavy atom. The molecule has 6 rings (SSSR count). The molecule has 28 nitrogen and oxygen atoms in total. The van der Waals surface area contributed by atoms with E-state index in [0.29, 0.717) is 0 Å². The maximum absolute atomic E-state index is 12.5. The van der Waals surface area contributed by atoms with Crippen molar-refractivity contribution < 1.29 is 85.2 Å². The standard InChI is InChI=1S/C22H33N10O18P3/c1-30-6-32(16-10(30)18(37)29-22(24)27-16)20-13(35)14(44-2)8(48-20)4-46-52(40,41)50-53(42,43)49-51(38,39)45-3-7-11(33)12(34)19(47-7)31-5-25-9-15(31)26-21(23)28-17(9)36/h5-8,11-14,18-20,33-35H,3-4H2,1-2H3,(H,38,39)(H,40,41)(H,42,43)(H3,24,27,29)(H3,23,26,28,36)/p-3/t7-,8+,11+,12?,13-,14?,18?,19-,20+/m1/s1. The summed E-state index contributed by atoms with van der Waals surface area (Å²) < 4.78 is 73.8. The monoisotopic (exact) mass is 815 g/mol. The predicted octanol–water partition coefficient (Wildman–Crippen LogP) is -6.51. The number of hydrogen-bond acceptors (Lipinski definition) is 24. The van der Waals surface area contributed by atoms with Gasteiger partial charge in [0.2, 0.25) is 12.2 Å². The quantitative estimate of drug-likeness (QED) is 0.0623. The number of nitrogens with one attached hydrogen (secondary N) is 2. The lowest BCUT2D eigenvalue weighted by molar-refractivity contribution is -0.753.